The largest absolute Gasteiger partial charge is 0.493 e. The molecule has 0 aliphatic heterocycles. The van der Waals surface area contributed by atoms with Gasteiger partial charge in [-0.25, -0.2) is 4.98 Å². The summed E-state index contributed by atoms with van der Waals surface area (Å²) in [5.74, 6) is 0.943. The van der Waals surface area contributed by atoms with E-state index in [4.69, 9.17) is 4.74 Å². The monoisotopic (exact) mass is 287 g/mol. The Hall–Kier alpha value is -1.81. The van der Waals surface area contributed by atoms with Crippen LogP contribution in [0, 0.1) is 0 Å². The molecule has 0 saturated carbocycles. The van der Waals surface area contributed by atoms with Crippen LogP contribution in [0.2, 0.25) is 0 Å². The van der Waals surface area contributed by atoms with Crippen molar-refractivity contribution >= 4 is 0 Å². The van der Waals surface area contributed by atoms with Gasteiger partial charge in [0.1, 0.15) is 5.75 Å². The SMILES string of the molecule is CCCNC(c1cn(C)cn1)c1ccccc1OCCC. The van der Waals surface area contributed by atoms with Gasteiger partial charge in [-0.15, -0.1) is 0 Å². The second-order valence-electron chi connectivity index (χ2n) is 5.24. The highest BCUT2D eigenvalue weighted by atomic mass is 16.5. The predicted octanol–water partition coefficient (Wildman–Crippen LogP) is 3.30. The van der Waals surface area contributed by atoms with E-state index in [1.807, 2.05) is 30.1 Å². The Bertz CT molecular complexity index is 550. The molecule has 2 aromatic rings. The molecule has 1 aromatic heterocycles. The van der Waals surface area contributed by atoms with Gasteiger partial charge in [-0.05, 0) is 25.5 Å². The maximum absolute atomic E-state index is 5.90. The Morgan fingerprint density at radius 2 is 2.05 bits per heavy atom. The molecule has 4 nitrogen and oxygen atoms in total. The number of hydrogen-bond donors (Lipinski definition) is 1. The summed E-state index contributed by atoms with van der Waals surface area (Å²) in [5.41, 5.74) is 2.18. The normalized spacial score (nSPS) is 12.3. The van der Waals surface area contributed by atoms with Crippen molar-refractivity contribution in [3.63, 3.8) is 0 Å². The van der Waals surface area contributed by atoms with Gasteiger partial charge in [-0.3, -0.25) is 0 Å². The van der Waals surface area contributed by atoms with Crippen molar-refractivity contribution < 1.29 is 4.74 Å². The van der Waals surface area contributed by atoms with E-state index < -0.39 is 0 Å². The minimum atomic E-state index is 0.0687. The number of imidazole rings is 1. The van der Waals surface area contributed by atoms with Gasteiger partial charge in [0.25, 0.3) is 0 Å². The molecule has 0 bridgehead atoms. The average Bonchev–Trinajstić information content (AvgIpc) is 2.93. The van der Waals surface area contributed by atoms with Gasteiger partial charge in [0.15, 0.2) is 0 Å². The highest BCUT2D eigenvalue weighted by Gasteiger charge is 2.19. The van der Waals surface area contributed by atoms with Crippen molar-refractivity contribution in [1.29, 1.82) is 0 Å². The van der Waals surface area contributed by atoms with Gasteiger partial charge >= 0.3 is 0 Å². The van der Waals surface area contributed by atoms with Crippen LogP contribution in [0.3, 0.4) is 0 Å². The summed E-state index contributed by atoms with van der Waals surface area (Å²) in [6.07, 6.45) is 5.99. The molecule has 1 unspecified atom stereocenters. The molecule has 0 fully saturated rings. The van der Waals surface area contributed by atoms with Crippen LogP contribution in [0.1, 0.15) is 44.0 Å². The summed E-state index contributed by atoms with van der Waals surface area (Å²) in [7, 11) is 1.99. The third-order valence-corrected chi connectivity index (χ3v) is 3.31. The van der Waals surface area contributed by atoms with E-state index in [-0.39, 0.29) is 6.04 Å². The van der Waals surface area contributed by atoms with Crippen LogP contribution in [0.25, 0.3) is 0 Å². The second-order valence-corrected chi connectivity index (χ2v) is 5.24. The maximum atomic E-state index is 5.90. The summed E-state index contributed by atoms with van der Waals surface area (Å²) in [6.45, 7) is 5.97. The van der Waals surface area contributed by atoms with Gasteiger partial charge < -0.3 is 14.6 Å². The fraction of sp³-hybridized carbons (Fsp3) is 0.471. The zero-order chi connectivity index (χ0) is 15.1. The molecule has 1 heterocycles. The number of aryl methyl sites for hydroxylation is 1. The summed E-state index contributed by atoms with van der Waals surface area (Å²) in [4.78, 5) is 4.51. The van der Waals surface area contributed by atoms with Gasteiger partial charge in [-0.2, -0.15) is 0 Å². The van der Waals surface area contributed by atoms with E-state index in [0.717, 1.165) is 43.0 Å². The number of nitrogens with one attached hydrogen (secondary N) is 1. The summed E-state index contributed by atoms with van der Waals surface area (Å²) in [5, 5.41) is 3.58. The molecular weight excluding hydrogens is 262 g/mol. The van der Waals surface area contributed by atoms with Crippen molar-refractivity contribution in [2.24, 2.45) is 7.05 Å². The molecule has 114 valence electrons. The number of ether oxygens (including phenoxy) is 1. The average molecular weight is 287 g/mol. The molecule has 4 heteroatoms. The number of benzene rings is 1. The van der Waals surface area contributed by atoms with Crippen molar-refractivity contribution in [3.05, 3.63) is 48.0 Å². The first-order valence-corrected chi connectivity index (χ1v) is 7.69. The van der Waals surface area contributed by atoms with Crippen molar-refractivity contribution in [2.75, 3.05) is 13.2 Å². The van der Waals surface area contributed by atoms with E-state index in [1.165, 1.54) is 0 Å². The van der Waals surface area contributed by atoms with Crippen LogP contribution in [-0.2, 0) is 7.05 Å². The van der Waals surface area contributed by atoms with E-state index in [0.29, 0.717) is 0 Å². The molecule has 0 aliphatic carbocycles. The van der Waals surface area contributed by atoms with Crippen LogP contribution in [0.4, 0.5) is 0 Å². The third-order valence-electron chi connectivity index (χ3n) is 3.31. The van der Waals surface area contributed by atoms with Gasteiger partial charge in [-0.1, -0.05) is 32.0 Å². The van der Waals surface area contributed by atoms with Gasteiger partial charge in [0, 0.05) is 18.8 Å². The lowest BCUT2D eigenvalue weighted by Gasteiger charge is -2.20. The molecule has 21 heavy (non-hydrogen) atoms. The topological polar surface area (TPSA) is 39.1 Å². The number of nitrogens with zero attached hydrogens (tertiary/aromatic N) is 2. The maximum Gasteiger partial charge on any atom is 0.124 e. The Morgan fingerprint density at radius 3 is 2.71 bits per heavy atom. The first-order chi connectivity index (χ1) is 10.3. The van der Waals surface area contributed by atoms with E-state index in [1.54, 1.807) is 0 Å². The molecule has 0 spiro atoms. The molecule has 0 radical (unpaired) electrons. The fourth-order valence-electron chi connectivity index (χ4n) is 2.31. The van der Waals surface area contributed by atoms with Crippen LogP contribution < -0.4 is 10.1 Å². The Morgan fingerprint density at radius 1 is 1.24 bits per heavy atom. The molecule has 1 atom stereocenters. The second kappa shape index (κ2) is 7.84. The summed E-state index contributed by atoms with van der Waals surface area (Å²) < 4.78 is 7.88. The lowest BCUT2D eigenvalue weighted by molar-refractivity contribution is 0.311. The van der Waals surface area contributed by atoms with E-state index in [9.17, 15) is 0 Å². The first-order valence-electron chi connectivity index (χ1n) is 7.69. The summed E-state index contributed by atoms with van der Waals surface area (Å²) >= 11 is 0. The predicted molar refractivity (Wildman–Crippen MR) is 85.6 cm³/mol. The Kier molecular flexibility index (Phi) is 5.81. The molecule has 1 N–H and O–H groups in total. The lowest BCUT2D eigenvalue weighted by atomic mass is 10.0. The van der Waals surface area contributed by atoms with Crippen LogP contribution in [-0.4, -0.2) is 22.7 Å². The highest BCUT2D eigenvalue weighted by molar-refractivity contribution is 5.39. The zero-order valence-corrected chi connectivity index (χ0v) is 13.2. The zero-order valence-electron chi connectivity index (χ0n) is 13.2. The highest BCUT2D eigenvalue weighted by Crippen LogP contribution is 2.29. The molecule has 0 amide bonds. The quantitative estimate of drug-likeness (QED) is 0.809. The molecule has 0 aliphatic rings. The lowest BCUT2D eigenvalue weighted by Crippen LogP contribution is -2.24. The van der Waals surface area contributed by atoms with Crippen LogP contribution in [0.15, 0.2) is 36.8 Å². The number of hydrogen-bond acceptors (Lipinski definition) is 3. The minimum absolute atomic E-state index is 0.0687. The smallest absolute Gasteiger partial charge is 0.124 e. The molecule has 2 rings (SSSR count). The van der Waals surface area contributed by atoms with Crippen molar-refractivity contribution in [3.8, 4) is 5.75 Å². The third kappa shape index (κ3) is 4.08. The van der Waals surface area contributed by atoms with E-state index >= 15 is 0 Å². The van der Waals surface area contributed by atoms with Crippen molar-refractivity contribution in [2.45, 2.75) is 32.7 Å². The van der Waals surface area contributed by atoms with Crippen molar-refractivity contribution in [1.82, 2.24) is 14.9 Å². The van der Waals surface area contributed by atoms with E-state index in [2.05, 4.69) is 42.5 Å². The Balaban J connectivity index is 2.31. The van der Waals surface area contributed by atoms with Crippen LogP contribution >= 0.6 is 0 Å². The van der Waals surface area contributed by atoms with Crippen LogP contribution in [0.5, 0.6) is 5.75 Å². The van der Waals surface area contributed by atoms with Gasteiger partial charge in [0.2, 0.25) is 0 Å². The minimum Gasteiger partial charge on any atom is -0.493 e. The number of rotatable bonds is 8. The molecule has 1 aromatic carbocycles. The molecular formula is C17H25N3O. The fourth-order valence-corrected chi connectivity index (χ4v) is 2.31. The Labute approximate surface area is 127 Å². The first kappa shape index (κ1) is 15.6. The summed E-state index contributed by atoms with van der Waals surface area (Å²) in [6, 6.07) is 8.29. The number of aromatic nitrogens is 2. The number of para-hydroxylation sites is 1. The van der Waals surface area contributed by atoms with Gasteiger partial charge in [0.05, 0.1) is 24.7 Å². The standard InChI is InChI=1S/C17H25N3O/c1-4-10-18-17(15-12-20(3)13-19-15)14-8-6-7-9-16(14)21-11-5-2/h6-9,12-13,17-18H,4-5,10-11H2,1-3H3. The molecule has 0 saturated heterocycles.